The van der Waals surface area contributed by atoms with Gasteiger partial charge in [-0.1, -0.05) is 85.0 Å². The smallest absolute Gasteiger partial charge is 0.233 e. The van der Waals surface area contributed by atoms with Crippen molar-refractivity contribution in [2.45, 2.75) is 97.8 Å². The van der Waals surface area contributed by atoms with E-state index < -0.39 is 0 Å². The van der Waals surface area contributed by atoms with Crippen LogP contribution in [0.5, 0.6) is 0 Å². The summed E-state index contributed by atoms with van der Waals surface area (Å²) in [4.78, 5) is 22.9. The van der Waals surface area contributed by atoms with Gasteiger partial charge < -0.3 is 0 Å². The average Bonchev–Trinajstić information content (AvgIpc) is 2.59. The van der Waals surface area contributed by atoms with Crippen LogP contribution >= 0.6 is 22.0 Å². The van der Waals surface area contributed by atoms with Gasteiger partial charge in [0.15, 0.2) is 0 Å². The molecular weight excluding hydrogens is 340 g/mol. The van der Waals surface area contributed by atoms with E-state index in [1.807, 2.05) is 6.92 Å². The third-order valence-corrected chi connectivity index (χ3v) is 5.53. The number of hydrogen-bond acceptors (Lipinski definition) is 4. The molecule has 0 aromatic carbocycles. The predicted molar refractivity (Wildman–Crippen MR) is 107 cm³/mol. The third kappa shape index (κ3) is 15.2. The fraction of sp³-hybridized carbons (Fsp3) is 0.889. The van der Waals surface area contributed by atoms with Crippen LogP contribution in [0.1, 0.15) is 97.8 Å². The Morgan fingerprint density at radius 2 is 1.29 bits per heavy atom. The minimum absolute atomic E-state index is 0.0276. The zero-order chi connectivity index (χ0) is 18.0. The number of carbonyl (C=O) groups excluding carboxylic acids is 2. The first-order chi connectivity index (χ1) is 11.6. The standard InChI is InChI=1S/C18H36N2O2S2/c1-4-6-7-8-9-10-11-12-13-14-15-16(3)18(22)20-24-23-19-17(21)5-2/h16H,4-15H2,1-3H3,(H,19,21)(H,20,22). The van der Waals surface area contributed by atoms with Crippen molar-refractivity contribution < 1.29 is 9.59 Å². The molecule has 24 heavy (non-hydrogen) atoms. The zero-order valence-electron chi connectivity index (χ0n) is 15.7. The molecule has 0 saturated carbocycles. The molecule has 0 rings (SSSR count). The topological polar surface area (TPSA) is 58.2 Å². The van der Waals surface area contributed by atoms with E-state index in [0.29, 0.717) is 6.42 Å². The van der Waals surface area contributed by atoms with Crippen molar-refractivity contribution >= 4 is 33.8 Å². The third-order valence-electron chi connectivity index (χ3n) is 4.10. The molecule has 0 aliphatic rings. The fourth-order valence-electron chi connectivity index (χ4n) is 2.37. The first-order valence-corrected chi connectivity index (χ1v) is 11.7. The second-order valence-electron chi connectivity index (χ2n) is 6.38. The SMILES string of the molecule is CCCCCCCCCCCCC(C)C(=O)NSSNC(=O)CC. The van der Waals surface area contributed by atoms with E-state index in [9.17, 15) is 9.59 Å². The van der Waals surface area contributed by atoms with Gasteiger partial charge in [0.2, 0.25) is 11.8 Å². The van der Waals surface area contributed by atoms with Gasteiger partial charge in [-0.2, -0.15) is 0 Å². The van der Waals surface area contributed by atoms with Gasteiger partial charge in [0, 0.05) is 34.3 Å². The summed E-state index contributed by atoms with van der Waals surface area (Å²) in [5, 5.41) is 0. The highest BCUT2D eigenvalue weighted by molar-refractivity contribution is 8.75. The number of hydrogen-bond donors (Lipinski definition) is 2. The molecule has 0 heterocycles. The lowest BCUT2D eigenvalue weighted by Crippen LogP contribution is -2.24. The lowest BCUT2D eigenvalue weighted by atomic mass is 10.0. The van der Waals surface area contributed by atoms with Gasteiger partial charge in [0.1, 0.15) is 0 Å². The summed E-state index contributed by atoms with van der Waals surface area (Å²) in [6.45, 7) is 6.02. The average molecular weight is 377 g/mol. The van der Waals surface area contributed by atoms with Gasteiger partial charge >= 0.3 is 0 Å². The minimum Gasteiger partial charge on any atom is -0.290 e. The van der Waals surface area contributed by atoms with Crippen LogP contribution in [0.25, 0.3) is 0 Å². The maximum atomic E-state index is 11.9. The van der Waals surface area contributed by atoms with E-state index in [1.165, 1.54) is 68.8 Å². The molecule has 0 fully saturated rings. The molecule has 4 nitrogen and oxygen atoms in total. The van der Waals surface area contributed by atoms with E-state index in [-0.39, 0.29) is 17.7 Å². The van der Waals surface area contributed by atoms with Crippen molar-refractivity contribution in [2.75, 3.05) is 0 Å². The summed E-state index contributed by atoms with van der Waals surface area (Å²) in [5.74, 6) is 0.0587. The van der Waals surface area contributed by atoms with E-state index >= 15 is 0 Å². The van der Waals surface area contributed by atoms with E-state index in [2.05, 4.69) is 16.4 Å². The molecule has 0 aromatic rings. The van der Waals surface area contributed by atoms with Crippen molar-refractivity contribution in [3.8, 4) is 0 Å². The highest BCUT2D eigenvalue weighted by atomic mass is 33.1. The molecule has 0 aliphatic carbocycles. The van der Waals surface area contributed by atoms with Crippen LogP contribution < -0.4 is 9.44 Å². The van der Waals surface area contributed by atoms with Crippen LogP contribution in [0, 0.1) is 5.92 Å². The van der Waals surface area contributed by atoms with Gasteiger partial charge in [0.25, 0.3) is 0 Å². The number of unbranched alkanes of at least 4 members (excludes halogenated alkanes) is 9. The zero-order valence-corrected chi connectivity index (χ0v) is 17.3. The molecule has 0 saturated heterocycles. The molecule has 1 atom stereocenters. The summed E-state index contributed by atoms with van der Waals surface area (Å²) < 4.78 is 5.41. The maximum absolute atomic E-state index is 11.9. The molecular formula is C18H36N2O2S2. The summed E-state index contributed by atoms with van der Waals surface area (Å²) in [5.41, 5.74) is 0. The van der Waals surface area contributed by atoms with Crippen molar-refractivity contribution in [2.24, 2.45) is 5.92 Å². The monoisotopic (exact) mass is 376 g/mol. The van der Waals surface area contributed by atoms with Crippen molar-refractivity contribution in [3.05, 3.63) is 0 Å². The summed E-state index contributed by atoms with van der Waals surface area (Å²) in [6.07, 6.45) is 14.6. The summed E-state index contributed by atoms with van der Waals surface area (Å²) in [6, 6.07) is 0. The Balaban J connectivity index is 3.39. The molecule has 0 aliphatic heterocycles. The number of amides is 2. The van der Waals surface area contributed by atoms with Gasteiger partial charge in [-0.15, -0.1) is 0 Å². The van der Waals surface area contributed by atoms with E-state index in [4.69, 9.17) is 0 Å². The van der Waals surface area contributed by atoms with Gasteiger partial charge in [-0.3, -0.25) is 19.0 Å². The molecule has 0 aromatic heterocycles. The summed E-state index contributed by atoms with van der Waals surface area (Å²) >= 11 is 0. The normalized spacial score (nSPS) is 12.0. The largest absolute Gasteiger partial charge is 0.290 e. The number of nitrogens with one attached hydrogen (secondary N) is 2. The van der Waals surface area contributed by atoms with Gasteiger partial charge in [-0.05, 0) is 6.42 Å². The van der Waals surface area contributed by atoms with Gasteiger partial charge in [0.05, 0.1) is 0 Å². The quantitative estimate of drug-likeness (QED) is 0.203. The van der Waals surface area contributed by atoms with Crippen LogP contribution in [0.2, 0.25) is 0 Å². The molecule has 2 amide bonds. The van der Waals surface area contributed by atoms with E-state index in [0.717, 1.165) is 23.8 Å². The molecule has 1 unspecified atom stereocenters. The summed E-state index contributed by atoms with van der Waals surface area (Å²) in [7, 11) is 2.34. The van der Waals surface area contributed by atoms with Crippen LogP contribution in [-0.2, 0) is 9.59 Å². The molecule has 142 valence electrons. The second kappa shape index (κ2) is 17.5. The lowest BCUT2D eigenvalue weighted by molar-refractivity contribution is -0.122. The Morgan fingerprint density at radius 3 is 1.83 bits per heavy atom. The Labute approximate surface area is 156 Å². The van der Waals surface area contributed by atoms with E-state index in [1.54, 1.807) is 6.92 Å². The lowest BCUT2D eigenvalue weighted by Gasteiger charge is -2.11. The molecule has 0 bridgehead atoms. The minimum atomic E-state index is -0.0276. The second-order valence-corrected chi connectivity index (χ2v) is 8.13. The highest BCUT2D eigenvalue weighted by Crippen LogP contribution is 2.17. The Hall–Kier alpha value is -0.360. The molecule has 0 radical (unpaired) electrons. The molecule has 6 heteroatoms. The van der Waals surface area contributed by atoms with Crippen molar-refractivity contribution in [1.82, 2.24) is 9.44 Å². The highest BCUT2D eigenvalue weighted by Gasteiger charge is 2.12. The Morgan fingerprint density at radius 1 is 0.792 bits per heavy atom. The Kier molecular flexibility index (Phi) is 17.2. The predicted octanol–water partition coefficient (Wildman–Crippen LogP) is 5.79. The number of carbonyl (C=O) groups is 2. The van der Waals surface area contributed by atoms with Gasteiger partial charge in [-0.25, -0.2) is 0 Å². The first kappa shape index (κ1) is 23.6. The van der Waals surface area contributed by atoms with Crippen LogP contribution in [0.15, 0.2) is 0 Å². The molecule has 2 N–H and O–H groups in total. The Bertz CT molecular complexity index is 328. The maximum Gasteiger partial charge on any atom is 0.233 e. The molecule has 0 spiro atoms. The first-order valence-electron chi connectivity index (χ1n) is 9.53. The van der Waals surface area contributed by atoms with Crippen molar-refractivity contribution in [1.29, 1.82) is 0 Å². The van der Waals surface area contributed by atoms with Crippen LogP contribution in [-0.4, -0.2) is 11.8 Å². The number of rotatable bonds is 16. The van der Waals surface area contributed by atoms with Crippen LogP contribution in [0.4, 0.5) is 0 Å². The van der Waals surface area contributed by atoms with Crippen molar-refractivity contribution in [3.63, 3.8) is 0 Å². The van der Waals surface area contributed by atoms with Crippen LogP contribution in [0.3, 0.4) is 0 Å². The fourth-order valence-corrected chi connectivity index (χ4v) is 3.75.